The minimum absolute atomic E-state index is 0.0259. The molecular weight excluding hydrogens is 392 g/mol. The van der Waals surface area contributed by atoms with Crippen LogP contribution in [0.1, 0.15) is 26.2 Å². The summed E-state index contributed by atoms with van der Waals surface area (Å²) in [4.78, 5) is 32.6. The Morgan fingerprint density at radius 3 is 2.62 bits per heavy atom. The summed E-state index contributed by atoms with van der Waals surface area (Å²) >= 11 is 6.19. The van der Waals surface area contributed by atoms with Crippen LogP contribution in [0.4, 0.5) is 0 Å². The number of carbonyl (C=O) groups is 2. The van der Waals surface area contributed by atoms with E-state index in [1.165, 1.54) is 0 Å². The summed E-state index contributed by atoms with van der Waals surface area (Å²) in [6, 6.07) is 7.56. The largest absolute Gasteiger partial charge is 0.441 e. The van der Waals surface area contributed by atoms with Gasteiger partial charge in [0.25, 0.3) is 0 Å². The van der Waals surface area contributed by atoms with Crippen molar-refractivity contribution in [1.82, 2.24) is 20.1 Å². The first kappa shape index (κ1) is 21.3. The number of rotatable bonds is 7. The van der Waals surface area contributed by atoms with Gasteiger partial charge in [-0.15, -0.1) is 0 Å². The standard InChI is InChI=1S/C21H27ClN4O3/c1-15(2)24-19(27)14-25-9-11-26(12-10-25)21(28)8-7-20-23-13-18(29-20)16-5-3-4-6-17(16)22/h3-6,13,15H,7-12,14H2,1-2H3,(H,24,27). The van der Waals surface area contributed by atoms with Crippen LogP contribution in [0.2, 0.25) is 5.02 Å². The molecule has 2 amide bonds. The van der Waals surface area contributed by atoms with Crippen molar-refractivity contribution >= 4 is 23.4 Å². The van der Waals surface area contributed by atoms with Crippen LogP contribution in [0.5, 0.6) is 0 Å². The molecule has 1 aliphatic rings. The van der Waals surface area contributed by atoms with Gasteiger partial charge in [-0.1, -0.05) is 23.7 Å². The van der Waals surface area contributed by atoms with E-state index in [2.05, 4.69) is 15.2 Å². The summed E-state index contributed by atoms with van der Waals surface area (Å²) in [6.45, 7) is 6.93. The van der Waals surface area contributed by atoms with E-state index in [0.29, 0.717) is 62.2 Å². The van der Waals surface area contributed by atoms with Gasteiger partial charge in [0.05, 0.1) is 17.8 Å². The third-order valence-electron chi connectivity index (χ3n) is 4.79. The first-order chi connectivity index (χ1) is 13.9. The lowest BCUT2D eigenvalue weighted by Gasteiger charge is -2.34. The summed E-state index contributed by atoms with van der Waals surface area (Å²) < 4.78 is 5.76. The molecule has 2 heterocycles. The predicted octanol–water partition coefficient (Wildman–Crippen LogP) is 2.60. The van der Waals surface area contributed by atoms with Gasteiger partial charge in [-0.05, 0) is 26.0 Å². The summed E-state index contributed by atoms with van der Waals surface area (Å²) in [7, 11) is 0. The lowest BCUT2D eigenvalue weighted by molar-refractivity contribution is -0.133. The molecule has 0 aliphatic carbocycles. The Bertz CT molecular complexity index is 844. The average molecular weight is 419 g/mol. The molecule has 2 aromatic rings. The molecule has 0 atom stereocenters. The maximum atomic E-state index is 12.5. The molecule has 7 nitrogen and oxygen atoms in total. The van der Waals surface area contributed by atoms with Gasteiger partial charge in [0.2, 0.25) is 11.8 Å². The van der Waals surface area contributed by atoms with E-state index in [9.17, 15) is 9.59 Å². The second kappa shape index (κ2) is 9.89. The molecule has 156 valence electrons. The van der Waals surface area contributed by atoms with Gasteiger partial charge >= 0.3 is 0 Å². The van der Waals surface area contributed by atoms with Crippen molar-refractivity contribution in [2.24, 2.45) is 0 Å². The fourth-order valence-electron chi connectivity index (χ4n) is 3.31. The van der Waals surface area contributed by atoms with Crippen LogP contribution in [0, 0.1) is 0 Å². The quantitative estimate of drug-likeness (QED) is 0.747. The number of hydrogen-bond donors (Lipinski definition) is 1. The van der Waals surface area contributed by atoms with Gasteiger partial charge < -0.3 is 14.6 Å². The summed E-state index contributed by atoms with van der Waals surface area (Å²) in [5.74, 6) is 1.23. The number of halogens is 1. The zero-order chi connectivity index (χ0) is 20.8. The fraction of sp³-hybridized carbons (Fsp3) is 0.476. The highest BCUT2D eigenvalue weighted by Gasteiger charge is 2.23. The second-order valence-electron chi connectivity index (χ2n) is 7.48. The van der Waals surface area contributed by atoms with Crippen molar-refractivity contribution in [3.63, 3.8) is 0 Å². The first-order valence-corrected chi connectivity index (χ1v) is 10.3. The number of piperazine rings is 1. The number of aromatic nitrogens is 1. The van der Waals surface area contributed by atoms with E-state index in [0.717, 1.165) is 5.56 Å². The number of hydrogen-bond acceptors (Lipinski definition) is 5. The van der Waals surface area contributed by atoms with Crippen LogP contribution >= 0.6 is 11.6 Å². The molecular formula is C21H27ClN4O3. The highest BCUT2D eigenvalue weighted by atomic mass is 35.5. The van der Waals surface area contributed by atoms with Crippen molar-refractivity contribution in [2.75, 3.05) is 32.7 Å². The van der Waals surface area contributed by atoms with Gasteiger partial charge in [0.15, 0.2) is 11.7 Å². The number of nitrogens with zero attached hydrogens (tertiary/aromatic N) is 3. The van der Waals surface area contributed by atoms with Crippen LogP contribution < -0.4 is 5.32 Å². The second-order valence-corrected chi connectivity index (χ2v) is 7.88. The molecule has 8 heteroatoms. The number of carbonyl (C=O) groups excluding carboxylic acids is 2. The molecule has 0 radical (unpaired) electrons. The molecule has 0 saturated carbocycles. The van der Waals surface area contributed by atoms with Crippen LogP contribution in [-0.4, -0.2) is 65.4 Å². The topological polar surface area (TPSA) is 78.7 Å². The molecule has 0 spiro atoms. The molecule has 1 N–H and O–H groups in total. The lowest BCUT2D eigenvalue weighted by Crippen LogP contribution is -2.51. The summed E-state index contributed by atoms with van der Waals surface area (Å²) in [5.41, 5.74) is 0.789. The van der Waals surface area contributed by atoms with Gasteiger partial charge in [0.1, 0.15) is 0 Å². The molecule has 1 aromatic carbocycles. The Labute approximate surface area is 176 Å². The molecule has 1 fully saturated rings. The molecule has 1 saturated heterocycles. The Balaban J connectivity index is 1.44. The molecule has 3 rings (SSSR count). The SMILES string of the molecule is CC(C)NC(=O)CN1CCN(C(=O)CCc2ncc(-c3ccccc3Cl)o2)CC1. The number of nitrogens with one attached hydrogen (secondary N) is 1. The predicted molar refractivity (Wildman–Crippen MR) is 112 cm³/mol. The van der Waals surface area contributed by atoms with Gasteiger partial charge in [0, 0.05) is 50.6 Å². The van der Waals surface area contributed by atoms with E-state index >= 15 is 0 Å². The summed E-state index contributed by atoms with van der Waals surface area (Å²) in [5, 5.41) is 3.50. The minimum atomic E-state index is 0.0259. The van der Waals surface area contributed by atoms with Crippen molar-refractivity contribution < 1.29 is 14.0 Å². The normalized spacial score (nSPS) is 15.0. The molecule has 29 heavy (non-hydrogen) atoms. The van der Waals surface area contributed by atoms with Gasteiger partial charge in [-0.25, -0.2) is 4.98 Å². The molecule has 0 bridgehead atoms. The lowest BCUT2D eigenvalue weighted by atomic mass is 10.2. The van der Waals surface area contributed by atoms with E-state index < -0.39 is 0 Å². The van der Waals surface area contributed by atoms with E-state index in [-0.39, 0.29) is 17.9 Å². The van der Waals surface area contributed by atoms with Crippen LogP contribution in [0.15, 0.2) is 34.9 Å². The molecule has 0 unspecified atom stereocenters. The van der Waals surface area contributed by atoms with Crippen LogP contribution in [0.3, 0.4) is 0 Å². The van der Waals surface area contributed by atoms with E-state index in [1.54, 1.807) is 12.3 Å². The zero-order valence-corrected chi connectivity index (χ0v) is 17.6. The van der Waals surface area contributed by atoms with Gasteiger partial charge in [-0.2, -0.15) is 0 Å². The van der Waals surface area contributed by atoms with Crippen molar-refractivity contribution in [3.8, 4) is 11.3 Å². The maximum Gasteiger partial charge on any atom is 0.234 e. The molecule has 1 aromatic heterocycles. The number of oxazole rings is 1. The monoisotopic (exact) mass is 418 g/mol. The highest BCUT2D eigenvalue weighted by Crippen LogP contribution is 2.28. The first-order valence-electron chi connectivity index (χ1n) is 9.91. The van der Waals surface area contributed by atoms with E-state index in [1.807, 2.05) is 36.9 Å². The Morgan fingerprint density at radius 2 is 1.93 bits per heavy atom. The van der Waals surface area contributed by atoms with Crippen molar-refractivity contribution in [2.45, 2.75) is 32.7 Å². The third-order valence-corrected chi connectivity index (χ3v) is 5.12. The van der Waals surface area contributed by atoms with Crippen LogP contribution in [0.25, 0.3) is 11.3 Å². The van der Waals surface area contributed by atoms with Gasteiger partial charge in [-0.3, -0.25) is 14.5 Å². The van der Waals surface area contributed by atoms with Crippen LogP contribution in [-0.2, 0) is 16.0 Å². The number of benzene rings is 1. The fourth-order valence-corrected chi connectivity index (χ4v) is 3.54. The number of aryl methyl sites for hydroxylation is 1. The van der Waals surface area contributed by atoms with Crippen molar-refractivity contribution in [1.29, 1.82) is 0 Å². The smallest absolute Gasteiger partial charge is 0.234 e. The average Bonchev–Trinajstić information content (AvgIpc) is 3.15. The zero-order valence-electron chi connectivity index (χ0n) is 16.9. The molecule has 1 aliphatic heterocycles. The minimum Gasteiger partial charge on any atom is -0.441 e. The third kappa shape index (κ3) is 6.05. The highest BCUT2D eigenvalue weighted by molar-refractivity contribution is 6.33. The number of amides is 2. The summed E-state index contributed by atoms with van der Waals surface area (Å²) in [6.07, 6.45) is 2.43. The Morgan fingerprint density at radius 1 is 1.21 bits per heavy atom. The van der Waals surface area contributed by atoms with Crippen molar-refractivity contribution in [3.05, 3.63) is 41.4 Å². The maximum absolute atomic E-state index is 12.5. The Kier molecular flexibility index (Phi) is 7.28. The Hall–Kier alpha value is -2.38. The van der Waals surface area contributed by atoms with E-state index in [4.69, 9.17) is 16.0 Å².